The Morgan fingerprint density at radius 3 is 2.21 bits per heavy atom. The maximum absolute atomic E-state index is 14.2. The second kappa shape index (κ2) is 15.3. The molecular formula is C31H37Cl2N3O5S. The van der Waals surface area contributed by atoms with Crippen LogP contribution in [0, 0.1) is 0 Å². The second-order valence-electron chi connectivity index (χ2n) is 9.72. The highest BCUT2D eigenvalue weighted by Gasteiger charge is 2.35. The van der Waals surface area contributed by atoms with E-state index in [0.717, 1.165) is 4.31 Å². The van der Waals surface area contributed by atoms with Gasteiger partial charge in [0.05, 0.1) is 17.2 Å². The summed E-state index contributed by atoms with van der Waals surface area (Å²) in [7, 11) is -4.22. The molecule has 1 N–H and O–H groups in total. The zero-order valence-corrected chi connectivity index (χ0v) is 26.5. The van der Waals surface area contributed by atoms with Gasteiger partial charge in [0.15, 0.2) is 0 Å². The molecule has 0 aliphatic heterocycles. The van der Waals surface area contributed by atoms with Gasteiger partial charge in [-0.25, -0.2) is 8.42 Å². The number of carbonyl (C=O) groups excluding carboxylic acids is 2. The van der Waals surface area contributed by atoms with E-state index in [0.29, 0.717) is 40.8 Å². The summed E-state index contributed by atoms with van der Waals surface area (Å²) in [5.74, 6) is -0.614. The average Bonchev–Trinajstić information content (AvgIpc) is 2.97. The molecule has 0 heterocycles. The van der Waals surface area contributed by atoms with E-state index in [4.69, 9.17) is 27.9 Å². The highest BCUT2D eigenvalue weighted by Crippen LogP contribution is 2.33. The molecule has 0 fully saturated rings. The number of nitrogens with one attached hydrogen (secondary N) is 1. The van der Waals surface area contributed by atoms with Gasteiger partial charge in [0.1, 0.15) is 18.3 Å². The number of anilines is 1. The van der Waals surface area contributed by atoms with Gasteiger partial charge in [-0.15, -0.1) is 0 Å². The van der Waals surface area contributed by atoms with E-state index in [1.807, 2.05) is 13.8 Å². The molecule has 0 aliphatic carbocycles. The first-order valence-electron chi connectivity index (χ1n) is 13.9. The standard InChI is InChI=1S/C31H37Cl2N3O5S/c1-5-22(4)34-31(38)27(6-2)35(20-23-17-18-24(32)19-26(23)33)30(37)21-36(28-15-11-12-16-29(28)41-7-3)42(39,40)25-13-9-8-10-14-25/h8-19,22,27H,5-7,20-21H2,1-4H3,(H,34,38). The Labute approximate surface area is 258 Å². The number of para-hydroxylation sites is 2. The van der Waals surface area contributed by atoms with E-state index in [-0.39, 0.29) is 29.1 Å². The van der Waals surface area contributed by atoms with Crippen molar-refractivity contribution in [2.24, 2.45) is 0 Å². The van der Waals surface area contributed by atoms with Crippen LogP contribution in [-0.4, -0.2) is 50.4 Å². The zero-order valence-electron chi connectivity index (χ0n) is 24.2. The first-order valence-corrected chi connectivity index (χ1v) is 16.1. The highest BCUT2D eigenvalue weighted by molar-refractivity contribution is 7.92. The molecule has 0 saturated carbocycles. The average molecular weight is 635 g/mol. The fourth-order valence-corrected chi connectivity index (χ4v) is 6.28. The first kappa shape index (κ1) is 33.2. The summed E-state index contributed by atoms with van der Waals surface area (Å²) in [6.45, 7) is 7.09. The number of sulfonamides is 1. The molecule has 0 aromatic heterocycles. The molecule has 0 aliphatic rings. The van der Waals surface area contributed by atoms with Gasteiger partial charge in [-0.2, -0.15) is 0 Å². The quantitative estimate of drug-likeness (QED) is 0.224. The van der Waals surface area contributed by atoms with Crippen LogP contribution in [0.5, 0.6) is 5.75 Å². The molecule has 0 radical (unpaired) electrons. The van der Waals surface area contributed by atoms with Crippen LogP contribution in [0.15, 0.2) is 77.7 Å². The number of rotatable bonds is 14. The zero-order chi connectivity index (χ0) is 30.9. The van der Waals surface area contributed by atoms with Gasteiger partial charge in [0.2, 0.25) is 11.8 Å². The van der Waals surface area contributed by atoms with E-state index in [9.17, 15) is 18.0 Å². The number of ether oxygens (including phenoxy) is 1. The molecular weight excluding hydrogens is 597 g/mol. The van der Waals surface area contributed by atoms with Gasteiger partial charge >= 0.3 is 0 Å². The predicted octanol–water partition coefficient (Wildman–Crippen LogP) is 6.31. The van der Waals surface area contributed by atoms with Crippen molar-refractivity contribution in [1.29, 1.82) is 0 Å². The van der Waals surface area contributed by atoms with Crippen molar-refractivity contribution in [2.45, 2.75) is 64.1 Å². The fraction of sp³-hybridized carbons (Fsp3) is 0.355. The lowest BCUT2D eigenvalue weighted by atomic mass is 10.1. The maximum atomic E-state index is 14.2. The summed E-state index contributed by atoms with van der Waals surface area (Å²) in [4.78, 5) is 29.1. The molecule has 3 rings (SSSR count). The van der Waals surface area contributed by atoms with Crippen molar-refractivity contribution < 1.29 is 22.7 Å². The lowest BCUT2D eigenvalue weighted by Gasteiger charge is -2.34. The third kappa shape index (κ3) is 8.18. The molecule has 2 amide bonds. The summed E-state index contributed by atoms with van der Waals surface area (Å²) in [5.41, 5.74) is 0.773. The van der Waals surface area contributed by atoms with E-state index in [1.54, 1.807) is 74.5 Å². The summed E-state index contributed by atoms with van der Waals surface area (Å²) < 4.78 is 34.9. The van der Waals surface area contributed by atoms with Gasteiger partial charge in [-0.3, -0.25) is 13.9 Å². The number of halogens is 2. The molecule has 8 nitrogen and oxygen atoms in total. The van der Waals surface area contributed by atoms with Gasteiger partial charge < -0.3 is 15.0 Å². The Balaban J connectivity index is 2.12. The molecule has 0 bridgehead atoms. The van der Waals surface area contributed by atoms with Crippen LogP contribution >= 0.6 is 23.2 Å². The van der Waals surface area contributed by atoms with Gasteiger partial charge in [0.25, 0.3) is 10.0 Å². The topological polar surface area (TPSA) is 96.0 Å². The third-order valence-electron chi connectivity index (χ3n) is 6.79. The largest absolute Gasteiger partial charge is 0.492 e. The van der Waals surface area contributed by atoms with E-state index in [2.05, 4.69) is 5.32 Å². The van der Waals surface area contributed by atoms with E-state index < -0.39 is 28.5 Å². The summed E-state index contributed by atoms with van der Waals surface area (Å²) in [5, 5.41) is 3.71. The molecule has 2 unspecified atom stereocenters. The SMILES string of the molecule is CCOc1ccccc1N(CC(=O)N(Cc1ccc(Cl)cc1Cl)C(CC)C(=O)NC(C)CC)S(=O)(=O)c1ccccc1. The smallest absolute Gasteiger partial charge is 0.264 e. The maximum Gasteiger partial charge on any atom is 0.264 e. The van der Waals surface area contributed by atoms with Crippen LogP contribution in [0.4, 0.5) is 5.69 Å². The first-order chi connectivity index (χ1) is 20.0. The van der Waals surface area contributed by atoms with Crippen molar-refractivity contribution in [1.82, 2.24) is 10.2 Å². The fourth-order valence-electron chi connectivity index (χ4n) is 4.37. The van der Waals surface area contributed by atoms with E-state index >= 15 is 0 Å². The molecule has 2 atom stereocenters. The molecule has 42 heavy (non-hydrogen) atoms. The third-order valence-corrected chi connectivity index (χ3v) is 9.15. The predicted molar refractivity (Wildman–Crippen MR) is 168 cm³/mol. The lowest BCUT2D eigenvalue weighted by molar-refractivity contribution is -0.140. The van der Waals surface area contributed by atoms with Crippen LogP contribution in [0.1, 0.15) is 46.1 Å². The minimum absolute atomic E-state index is 0.0120. The van der Waals surface area contributed by atoms with Gasteiger partial charge in [-0.05, 0) is 68.7 Å². The molecule has 226 valence electrons. The van der Waals surface area contributed by atoms with Gasteiger partial charge in [0, 0.05) is 22.6 Å². The van der Waals surface area contributed by atoms with E-state index in [1.165, 1.54) is 17.0 Å². The molecule has 3 aromatic carbocycles. The minimum Gasteiger partial charge on any atom is -0.492 e. The molecule has 0 spiro atoms. The second-order valence-corrected chi connectivity index (χ2v) is 12.4. The number of nitrogens with zero attached hydrogens (tertiary/aromatic N) is 2. The Bertz CT molecular complexity index is 1470. The van der Waals surface area contributed by atoms with Crippen molar-refractivity contribution >= 4 is 50.7 Å². The minimum atomic E-state index is -4.22. The monoisotopic (exact) mass is 633 g/mol. The molecule has 11 heteroatoms. The van der Waals surface area contributed by atoms with Gasteiger partial charge in [-0.1, -0.05) is 73.4 Å². The van der Waals surface area contributed by atoms with Crippen molar-refractivity contribution in [2.75, 3.05) is 17.5 Å². The van der Waals surface area contributed by atoms with Crippen LogP contribution < -0.4 is 14.4 Å². The molecule has 3 aromatic rings. The number of hydrogen-bond acceptors (Lipinski definition) is 5. The highest BCUT2D eigenvalue weighted by atomic mass is 35.5. The van der Waals surface area contributed by atoms with Crippen molar-refractivity contribution in [3.8, 4) is 5.75 Å². The number of carbonyl (C=O) groups is 2. The summed E-state index contributed by atoms with van der Waals surface area (Å²) in [6.07, 6.45) is 0.997. The number of benzene rings is 3. The Morgan fingerprint density at radius 1 is 0.929 bits per heavy atom. The number of amides is 2. The van der Waals surface area contributed by atoms with Crippen molar-refractivity contribution in [3.63, 3.8) is 0 Å². The van der Waals surface area contributed by atoms with Crippen LogP contribution in [-0.2, 0) is 26.2 Å². The van der Waals surface area contributed by atoms with Crippen LogP contribution in [0.25, 0.3) is 0 Å². The van der Waals surface area contributed by atoms with Crippen molar-refractivity contribution in [3.05, 3.63) is 88.4 Å². The normalized spacial score (nSPS) is 12.7. The summed E-state index contributed by atoms with van der Waals surface area (Å²) >= 11 is 12.6. The Morgan fingerprint density at radius 2 is 1.60 bits per heavy atom. The number of hydrogen-bond donors (Lipinski definition) is 1. The summed E-state index contributed by atoms with van der Waals surface area (Å²) in [6, 6.07) is 18.4. The Kier molecular flexibility index (Phi) is 12.1. The van der Waals surface area contributed by atoms with Crippen LogP contribution in [0.3, 0.4) is 0 Å². The van der Waals surface area contributed by atoms with Crippen LogP contribution in [0.2, 0.25) is 10.0 Å². The lowest BCUT2D eigenvalue weighted by Crippen LogP contribution is -2.53. The Hall–Kier alpha value is -3.27. The molecule has 0 saturated heterocycles.